The first kappa shape index (κ1) is 13.5. The maximum absolute atomic E-state index is 4.64. The van der Waals surface area contributed by atoms with Crippen LogP contribution in [0, 0.1) is 0 Å². The van der Waals surface area contributed by atoms with Gasteiger partial charge < -0.3 is 5.32 Å². The van der Waals surface area contributed by atoms with Crippen molar-refractivity contribution in [3.8, 4) is 0 Å². The molecule has 0 spiro atoms. The van der Waals surface area contributed by atoms with Crippen LogP contribution in [0.4, 0.5) is 5.82 Å². The molecule has 4 nitrogen and oxygen atoms in total. The van der Waals surface area contributed by atoms with Gasteiger partial charge in [0.1, 0.15) is 16.5 Å². The van der Waals surface area contributed by atoms with E-state index < -0.39 is 0 Å². The summed E-state index contributed by atoms with van der Waals surface area (Å²) in [6.07, 6.45) is 0. The molecule has 1 N–H and O–H groups in total. The summed E-state index contributed by atoms with van der Waals surface area (Å²) in [4.78, 5) is 12.5. The van der Waals surface area contributed by atoms with E-state index in [1.807, 2.05) is 7.05 Å². The Labute approximate surface area is 126 Å². The number of rotatable bonds is 5. The molecule has 3 aromatic heterocycles. The molecule has 3 rings (SSSR count). The Morgan fingerprint density at radius 2 is 2.10 bits per heavy atom. The second-order valence-corrected chi connectivity index (χ2v) is 6.36. The predicted molar refractivity (Wildman–Crippen MR) is 86.5 cm³/mol. The first-order chi connectivity index (χ1) is 9.76. The summed E-state index contributed by atoms with van der Waals surface area (Å²) in [5.41, 5.74) is 1.34. The number of thiophene rings is 2. The zero-order valence-electron chi connectivity index (χ0n) is 11.5. The third kappa shape index (κ3) is 2.82. The van der Waals surface area contributed by atoms with Gasteiger partial charge in [0, 0.05) is 13.6 Å². The summed E-state index contributed by atoms with van der Waals surface area (Å²) in [6, 6.07) is 4.22. The Hall–Kier alpha value is -1.50. The third-order valence-electron chi connectivity index (χ3n) is 3.05. The molecule has 0 radical (unpaired) electrons. The zero-order chi connectivity index (χ0) is 13.9. The fraction of sp³-hybridized carbons (Fsp3) is 0.286. The van der Waals surface area contributed by atoms with E-state index in [2.05, 4.69) is 55.5 Å². The molecular formula is C14H16N4S2. The molecule has 0 unspecified atom stereocenters. The van der Waals surface area contributed by atoms with E-state index in [0.717, 1.165) is 34.9 Å². The molecule has 0 fully saturated rings. The van der Waals surface area contributed by atoms with E-state index in [-0.39, 0.29) is 0 Å². The van der Waals surface area contributed by atoms with Crippen molar-refractivity contribution in [3.63, 3.8) is 0 Å². The van der Waals surface area contributed by atoms with Crippen molar-refractivity contribution in [3.05, 3.63) is 39.7 Å². The minimum absolute atomic E-state index is 0.748. The van der Waals surface area contributed by atoms with Gasteiger partial charge in [0.25, 0.3) is 0 Å². The fourth-order valence-corrected chi connectivity index (χ4v) is 3.60. The summed E-state index contributed by atoms with van der Waals surface area (Å²) >= 11 is 3.39. The third-order valence-corrected chi connectivity index (χ3v) is 4.59. The molecule has 6 heteroatoms. The Morgan fingerprint density at radius 3 is 2.85 bits per heavy atom. The van der Waals surface area contributed by atoms with Crippen molar-refractivity contribution < 1.29 is 0 Å². The van der Waals surface area contributed by atoms with Crippen LogP contribution in [0.1, 0.15) is 11.4 Å². The van der Waals surface area contributed by atoms with Crippen LogP contribution in [0.15, 0.2) is 28.3 Å². The van der Waals surface area contributed by atoms with Crippen LogP contribution in [0.3, 0.4) is 0 Å². The summed E-state index contributed by atoms with van der Waals surface area (Å²) in [7, 11) is 4.00. The molecule has 0 aliphatic carbocycles. The van der Waals surface area contributed by atoms with Crippen LogP contribution in [0.25, 0.3) is 10.2 Å². The molecule has 3 aromatic rings. The largest absolute Gasteiger partial charge is 0.372 e. The topological polar surface area (TPSA) is 41.1 Å². The lowest BCUT2D eigenvalue weighted by Gasteiger charge is -2.15. The van der Waals surface area contributed by atoms with Crippen LogP contribution in [-0.4, -0.2) is 29.0 Å². The quantitative estimate of drug-likeness (QED) is 0.784. The summed E-state index contributed by atoms with van der Waals surface area (Å²) < 4.78 is 0. The minimum atomic E-state index is 0.748. The van der Waals surface area contributed by atoms with Crippen molar-refractivity contribution in [1.82, 2.24) is 14.9 Å². The standard InChI is InChI=1S/C14H16N4S2/c1-15-13-11-4-6-20-14(11)17-12(16-13)8-18(2)7-10-3-5-19-9-10/h3-6,9H,7-8H2,1-2H3,(H,15,16,17). The summed E-state index contributed by atoms with van der Waals surface area (Å²) in [5, 5.41) is 10.6. The fourth-order valence-electron chi connectivity index (χ4n) is 2.15. The Morgan fingerprint density at radius 1 is 1.20 bits per heavy atom. The Bertz CT molecular complexity index is 690. The van der Waals surface area contributed by atoms with Gasteiger partial charge in [-0.25, -0.2) is 9.97 Å². The smallest absolute Gasteiger partial charge is 0.146 e. The number of nitrogens with zero attached hydrogens (tertiary/aromatic N) is 3. The lowest BCUT2D eigenvalue weighted by Crippen LogP contribution is -2.18. The van der Waals surface area contributed by atoms with Gasteiger partial charge in [-0.05, 0) is 40.9 Å². The van der Waals surface area contributed by atoms with Gasteiger partial charge in [0.2, 0.25) is 0 Å². The van der Waals surface area contributed by atoms with Crippen molar-refractivity contribution in [1.29, 1.82) is 0 Å². The van der Waals surface area contributed by atoms with Gasteiger partial charge in [0.05, 0.1) is 11.9 Å². The molecule has 0 aromatic carbocycles. The van der Waals surface area contributed by atoms with Gasteiger partial charge in [-0.2, -0.15) is 11.3 Å². The summed E-state index contributed by atoms with van der Waals surface area (Å²) in [6.45, 7) is 1.67. The van der Waals surface area contributed by atoms with Gasteiger partial charge in [0.15, 0.2) is 0 Å². The molecule has 0 saturated carbocycles. The van der Waals surface area contributed by atoms with E-state index in [9.17, 15) is 0 Å². The minimum Gasteiger partial charge on any atom is -0.372 e. The first-order valence-corrected chi connectivity index (χ1v) is 8.20. The number of anilines is 1. The predicted octanol–water partition coefficient (Wildman–Crippen LogP) is 3.43. The van der Waals surface area contributed by atoms with E-state index in [1.54, 1.807) is 22.7 Å². The van der Waals surface area contributed by atoms with Gasteiger partial charge in [-0.15, -0.1) is 11.3 Å². The number of hydrogen-bond acceptors (Lipinski definition) is 6. The van der Waals surface area contributed by atoms with Crippen LogP contribution < -0.4 is 5.32 Å². The summed E-state index contributed by atoms with van der Waals surface area (Å²) in [5.74, 6) is 1.78. The van der Waals surface area contributed by atoms with E-state index >= 15 is 0 Å². The van der Waals surface area contributed by atoms with Gasteiger partial charge in [-0.1, -0.05) is 0 Å². The average molecular weight is 304 g/mol. The molecule has 0 aliphatic rings. The number of nitrogens with one attached hydrogen (secondary N) is 1. The van der Waals surface area contributed by atoms with Crippen LogP contribution in [-0.2, 0) is 13.1 Å². The van der Waals surface area contributed by atoms with Crippen molar-refractivity contribution in [2.45, 2.75) is 13.1 Å². The SMILES string of the molecule is CNc1nc(CN(C)Cc2ccsc2)nc2sccc12. The molecule has 0 atom stereocenters. The molecule has 3 heterocycles. The van der Waals surface area contributed by atoms with E-state index in [1.165, 1.54) is 5.56 Å². The second kappa shape index (κ2) is 5.87. The number of aromatic nitrogens is 2. The number of fused-ring (bicyclic) bond motifs is 1. The lowest BCUT2D eigenvalue weighted by molar-refractivity contribution is 0.311. The zero-order valence-corrected chi connectivity index (χ0v) is 13.1. The molecule has 104 valence electrons. The van der Waals surface area contributed by atoms with E-state index in [0.29, 0.717) is 0 Å². The lowest BCUT2D eigenvalue weighted by atomic mass is 10.3. The Balaban J connectivity index is 1.79. The highest BCUT2D eigenvalue weighted by molar-refractivity contribution is 7.16. The molecular weight excluding hydrogens is 288 g/mol. The van der Waals surface area contributed by atoms with Crippen molar-refractivity contribution in [2.24, 2.45) is 0 Å². The average Bonchev–Trinajstić information content (AvgIpc) is 3.08. The van der Waals surface area contributed by atoms with Crippen molar-refractivity contribution in [2.75, 3.05) is 19.4 Å². The highest BCUT2D eigenvalue weighted by Gasteiger charge is 2.10. The van der Waals surface area contributed by atoms with Gasteiger partial charge in [-0.3, -0.25) is 4.90 Å². The normalized spacial score (nSPS) is 11.3. The molecule has 0 bridgehead atoms. The van der Waals surface area contributed by atoms with Gasteiger partial charge >= 0.3 is 0 Å². The Kier molecular flexibility index (Phi) is 3.95. The molecule has 0 saturated heterocycles. The maximum Gasteiger partial charge on any atom is 0.146 e. The first-order valence-electron chi connectivity index (χ1n) is 6.38. The molecule has 20 heavy (non-hydrogen) atoms. The highest BCUT2D eigenvalue weighted by Crippen LogP contribution is 2.25. The van der Waals surface area contributed by atoms with Crippen molar-refractivity contribution >= 4 is 38.7 Å². The number of hydrogen-bond donors (Lipinski definition) is 1. The molecule has 0 aliphatic heterocycles. The highest BCUT2D eigenvalue weighted by atomic mass is 32.1. The molecule has 0 amide bonds. The van der Waals surface area contributed by atoms with E-state index in [4.69, 9.17) is 0 Å². The monoisotopic (exact) mass is 304 g/mol. The van der Waals surface area contributed by atoms with Crippen LogP contribution in [0.2, 0.25) is 0 Å². The van der Waals surface area contributed by atoms with Crippen LogP contribution >= 0.6 is 22.7 Å². The van der Waals surface area contributed by atoms with Crippen LogP contribution in [0.5, 0.6) is 0 Å². The maximum atomic E-state index is 4.64. The second-order valence-electron chi connectivity index (χ2n) is 4.68.